The first-order chi connectivity index (χ1) is 13.4. The highest BCUT2D eigenvalue weighted by Gasteiger charge is 2.38. The minimum atomic E-state index is -0.176. The Labute approximate surface area is 165 Å². The summed E-state index contributed by atoms with van der Waals surface area (Å²) in [5.41, 5.74) is 5.10. The highest BCUT2D eigenvalue weighted by atomic mass is 16.3. The van der Waals surface area contributed by atoms with Gasteiger partial charge in [-0.3, -0.25) is 4.79 Å². The fourth-order valence-corrected chi connectivity index (χ4v) is 3.98. The summed E-state index contributed by atoms with van der Waals surface area (Å²) in [4.78, 5) is 17.7. The average Bonchev–Trinajstić information content (AvgIpc) is 3.30. The van der Waals surface area contributed by atoms with Crippen molar-refractivity contribution in [3.05, 3.63) is 83.6 Å². The Morgan fingerprint density at radius 3 is 2.64 bits per heavy atom. The molecule has 4 rings (SSSR count). The van der Waals surface area contributed by atoms with Gasteiger partial charge in [0.15, 0.2) is 6.39 Å². The Kier molecular flexibility index (Phi) is 4.67. The maximum absolute atomic E-state index is 12.3. The Hall–Kier alpha value is -3.08. The van der Waals surface area contributed by atoms with Crippen molar-refractivity contribution in [1.82, 2.24) is 9.88 Å². The molecule has 0 bridgehead atoms. The molecule has 5 heteroatoms. The fourth-order valence-electron chi connectivity index (χ4n) is 3.98. The molecule has 5 nitrogen and oxygen atoms in total. The van der Waals surface area contributed by atoms with Crippen LogP contribution in [0.25, 0.3) is 0 Å². The van der Waals surface area contributed by atoms with Crippen LogP contribution in [0, 0.1) is 0 Å². The second-order valence-electron chi connectivity index (χ2n) is 8.00. The van der Waals surface area contributed by atoms with Gasteiger partial charge >= 0.3 is 0 Å². The molecule has 1 N–H and O–H groups in total. The second-order valence-corrected chi connectivity index (χ2v) is 8.00. The molecule has 1 aliphatic carbocycles. The molecule has 0 radical (unpaired) electrons. The van der Waals surface area contributed by atoms with E-state index in [2.05, 4.69) is 72.7 Å². The van der Waals surface area contributed by atoms with Crippen LogP contribution in [-0.4, -0.2) is 28.9 Å². The van der Waals surface area contributed by atoms with Crippen LogP contribution in [0.15, 0.2) is 65.5 Å². The molecule has 2 aromatic carbocycles. The van der Waals surface area contributed by atoms with Gasteiger partial charge in [-0.25, -0.2) is 4.98 Å². The van der Waals surface area contributed by atoms with Crippen molar-refractivity contribution < 1.29 is 9.21 Å². The van der Waals surface area contributed by atoms with E-state index in [1.165, 1.54) is 23.7 Å². The molecule has 28 heavy (non-hydrogen) atoms. The van der Waals surface area contributed by atoms with Crippen molar-refractivity contribution in [3.8, 4) is 0 Å². The molecule has 3 aromatic rings. The maximum atomic E-state index is 12.3. The number of carbonyl (C=O) groups is 1. The van der Waals surface area contributed by atoms with Gasteiger partial charge in [0, 0.05) is 30.7 Å². The average molecular weight is 375 g/mol. The molecule has 0 fully saturated rings. The third-order valence-corrected chi connectivity index (χ3v) is 5.71. The molecule has 0 spiro atoms. The van der Waals surface area contributed by atoms with Gasteiger partial charge in [0.2, 0.25) is 5.76 Å². The Bertz CT molecular complexity index is 962. The zero-order valence-electron chi connectivity index (χ0n) is 16.5. The van der Waals surface area contributed by atoms with Gasteiger partial charge < -0.3 is 14.6 Å². The molecule has 0 aliphatic heterocycles. The number of amides is 1. The van der Waals surface area contributed by atoms with E-state index in [1.54, 1.807) is 11.9 Å². The van der Waals surface area contributed by atoms with Crippen LogP contribution in [0.5, 0.6) is 0 Å². The summed E-state index contributed by atoms with van der Waals surface area (Å²) in [5.74, 6) is 0.0778. The first kappa shape index (κ1) is 18.3. The van der Waals surface area contributed by atoms with Gasteiger partial charge in [-0.05, 0) is 35.2 Å². The first-order valence-electron chi connectivity index (χ1n) is 9.53. The number of anilines is 1. The molecule has 0 saturated carbocycles. The van der Waals surface area contributed by atoms with Gasteiger partial charge in [-0.2, -0.15) is 0 Å². The highest BCUT2D eigenvalue weighted by Crippen LogP contribution is 2.39. The number of hydrogen-bond donors (Lipinski definition) is 1. The molecule has 1 aromatic heterocycles. The normalized spacial score (nSPS) is 17.2. The van der Waals surface area contributed by atoms with Crippen molar-refractivity contribution in [2.24, 2.45) is 0 Å². The Balaban J connectivity index is 1.41. The third kappa shape index (κ3) is 3.40. The van der Waals surface area contributed by atoms with Crippen LogP contribution in [-0.2, 0) is 18.4 Å². The Morgan fingerprint density at radius 2 is 1.96 bits per heavy atom. The lowest BCUT2D eigenvalue weighted by Gasteiger charge is -2.30. The minimum Gasteiger partial charge on any atom is -0.438 e. The summed E-state index contributed by atoms with van der Waals surface area (Å²) in [6.45, 7) is 5.12. The maximum Gasteiger partial charge on any atom is 0.291 e. The van der Waals surface area contributed by atoms with Crippen LogP contribution in [0.2, 0.25) is 0 Å². The molecule has 144 valence electrons. The number of nitrogens with one attached hydrogen (secondary N) is 1. The summed E-state index contributed by atoms with van der Waals surface area (Å²) < 4.78 is 5.08. The Morgan fingerprint density at radius 1 is 1.21 bits per heavy atom. The SMILES string of the molecule is CN(Cc1ccc(NC2Cc3ccccc3C2(C)C)cc1)C(=O)c1cnco1. The van der Waals surface area contributed by atoms with Crippen molar-refractivity contribution in [2.75, 3.05) is 12.4 Å². The van der Waals surface area contributed by atoms with E-state index in [9.17, 15) is 4.79 Å². The molecule has 0 saturated heterocycles. The molecular weight excluding hydrogens is 350 g/mol. The number of fused-ring (bicyclic) bond motifs is 1. The molecule has 1 atom stereocenters. The van der Waals surface area contributed by atoms with Crippen LogP contribution < -0.4 is 5.32 Å². The zero-order chi connectivity index (χ0) is 19.7. The van der Waals surface area contributed by atoms with Crippen LogP contribution in [0.3, 0.4) is 0 Å². The minimum absolute atomic E-state index is 0.0823. The number of nitrogens with zero attached hydrogens (tertiary/aromatic N) is 2. The van der Waals surface area contributed by atoms with Crippen LogP contribution >= 0.6 is 0 Å². The van der Waals surface area contributed by atoms with E-state index in [-0.39, 0.29) is 17.1 Å². The van der Waals surface area contributed by atoms with Crippen molar-refractivity contribution in [3.63, 3.8) is 0 Å². The van der Waals surface area contributed by atoms with Crippen molar-refractivity contribution in [2.45, 2.75) is 38.3 Å². The van der Waals surface area contributed by atoms with E-state index < -0.39 is 0 Å². The lowest BCUT2D eigenvalue weighted by molar-refractivity contribution is 0.0753. The lowest BCUT2D eigenvalue weighted by Crippen LogP contribution is -2.36. The zero-order valence-corrected chi connectivity index (χ0v) is 16.5. The van der Waals surface area contributed by atoms with Gasteiger partial charge in [0.1, 0.15) is 0 Å². The summed E-state index contributed by atoms with van der Waals surface area (Å²) in [6, 6.07) is 17.3. The summed E-state index contributed by atoms with van der Waals surface area (Å²) in [6.07, 6.45) is 3.73. The predicted molar refractivity (Wildman–Crippen MR) is 109 cm³/mol. The largest absolute Gasteiger partial charge is 0.438 e. The van der Waals surface area contributed by atoms with Crippen molar-refractivity contribution in [1.29, 1.82) is 0 Å². The topological polar surface area (TPSA) is 58.4 Å². The number of oxazole rings is 1. The number of carbonyl (C=O) groups excluding carboxylic acids is 1. The van der Waals surface area contributed by atoms with E-state index in [0.29, 0.717) is 12.6 Å². The standard InChI is InChI=1S/C23H25N3O2/c1-23(2)19-7-5-4-6-17(19)12-21(23)25-18-10-8-16(9-11-18)14-26(3)22(27)20-13-24-15-28-20/h4-11,13,15,21,25H,12,14H2,1-3H3. The van der Waals surface area contributed by atoms with Gasteiger partial charge in [0.05, 0.1) is 6.20 Å². The van der Waals surface area contributed by atoms with Gasteiger partial charge in [0.25, 0.3) is 5.91 Å². The number of aromatic nitrogens is 1. The van der Waals surface area contributed by atoms with E-state index in [4.69, 9.17) is 4.42 Å². The monoisotopic (exact) mass is 375 g/mol. The van der Waals surface area contributed by atoms with Crippen LogP contribution in [0.1, 0.15) is 41.1 Å². The fraction of sp³-hybridized carbons (Fsp3) is 0.304. The second kappa shape index (κ2) is 7.15. The summed E-state index contributed by atoms with van der Waals surface area (Å²) in [5, 5.41) is 3.70. The summed E-state index contributed by atoms with van der Waals surface area (Å²) in [7, 11) is 1.76. The number of hydrogen-bond acceptors (Lipinski definition) is 4. The number of benzene rings is 2. The summed E-state index contributed by atoms with van der Waals surface area (Å²) >= 11 is 0. The molecule has 1 aliphatic rings. The third-order valence-electron chi connectivity index (χ3n) is 5.71. The van der Waals surface area contributed by atoms with Gasteiger partial charge in [-0.15, -0.1) is 0 Å². The molecular formula is C23H25N3O2. The molecule has 1 amide bonds. The van der Waals surface area contributed by atoms with Gasteiger partial charge in [-0.1, -0.05) is 50.2 Å². The first-order valence-corrected chi connectivity index (χ1v) is 9.53. The van der Waals surface area contributed by atoms with Crippen LogP contribution in [0.4, 0.5) is 5.69 Å². The highest BCUT2D eigenvalue weighted by molar-refractivity contribution is 5.90. The molecule has 1 unspecified atom stereocenters. The van der Waals surface area contributed by atoms with E-state index in [0.717, 1.165) is 17.7 Å². The predicted octanol–water partition coefficient (Wildman–Crippen LogP) is 4.26. The number of rotatable bonds is 5. The van der Waals surface area contributed by atoms with E-state index in [1.807, 2.05) is 0 Å². The molecule has 1 heterocycles. The smallest absolute Gasteiger partial charge is 0.291 e. The van der Waals surface area contributed by atoms with E-state index >= 15 is 0 Å². The lowest BCUT2D eigenvalue weighted by atomic mass is 9.83. The van der Waals surface area contributed by atoms with Crippen molar-refractivity contribution >= 4 is 11.6 Å². The quantitative estimate of drug-likeness (QED) is 0.724.